The Hall–Kier alpha value is -1.31. The van der Waals surface area contributed by atoms with E-state index in [4.69, 9.17) is 4.74 Å². The normalized spacial score (nSPS) is 13.6. The van der Waals surface area contributed by atoms with Gasteiger partial charge in [0.15, 0.2) is 5.78 Å². The van der Waals surface area contributed by atoms with Crippen molar-refractivity contribution in [2.45, 2.75) is 58.3 Å². The number of hydrogen-bond acceptors (Lipinski definition) is 2. The van der Waals surface area contributed by atoms with Gasteiger partial charge >= 0.3 is 0 Å². The molecule has 0 spiro atoms. The van der Waals surface area contributed by atoms with E-state index in [1.54, 1.807) is 0 Å². The van der Waals surface area contributed by atoms with Gasteiger partial charge < -0.3 is 4.74 Å². The van der Waals surface area contributed by atoms with Crippen LogP contribution in [-0.2, 0) is 6.42 Å². The third-order valence-electron chi connectivity index (χ3n) is 3.79. The number of rotatable bonds is 8. The van der Waals surface area contributed by atoms with Gasteiger partial charge in [-0.3, -0.25) is 4.79 Å². The number of ether oxygens (including phenoxy) is 1. The van der Waals surface area contributed by atoms with Crippen LogP contribution in [0.4, 0.5) is 0 Å². The minimum atomic E-state index is 0.264. The van der Waals surface area contributed by atoms with E-state index in [-0.39, 0.29) is 5.78 Å². The van der Waals surface area contributed by atoms with Crippen molar-refractivity contribution in [3.63, 3.8) is 0 Å². The first-order valence-corrected chi connectivity index (χ1v) is 7.61. The summed E-state index contributed by atoms with van der Waals surface area (Å²) in [6, 6.07) is 5.84. The third-order valence-corrected chi connectivity index (χ3v) is 3.79. The molecule has 0 N–H and O–H groups in total. The zero-order valence-electron chi connectivity index (χ0n) is 11.9. The minimum absolute atomic E-state index is 0.264. The highest BCUT2D eigenvalue weighted by Crippen LogP contribution is 2.30. The van der Waals surface area contributed by atoms with Crippen LogP contribution in [0, 0.1) is 0 Å². The molecule has 0 aliphatic heterocycles. The summed E-state index contributed by atoms with van der Waals surface area (Å²) in [6.45, 7) is 3.01. The number of Topliss-reactive ketones (excluding diaryl/α,β-unsaturated/α-hetero) is 1. The lowest BCUT2D eigenvalue weighted by atomic mass is 10.1. The van der Waals surface area contributed by atoms with Gasteiger partial charge in [-0.1, -0.05) is 51.2 Å². The van der Waals surface area contributed by atoms with Crippen LogP contribution < -0.4 is 4.74 Å². The van der Waals surface area contributed by atoms with Crippen LogP contribution in [0.5, 0.6) is 5.75 Å². The highest BCUT2D eigenvalue weighted by atomic mass is 16.5. The maximum absolute atomic E-state index is 11.6. The van der Waals surface area contributed by atoms with Crippen molar-refractivity contribution < 1.29 is 9.53 Å². The molecule has 19 heavy (non-hydrogen) atoms. The number of hydrogen-bond donors (Lipinski definition) is 0. The second kappa shape index (κ2) is 7.32. The number of unbranched alkanes of at least 4 members (excludes halogenated alkanes) is 5. The van der Waals surface area contributed by atoms with E-state index in [1.807, 2.05) is 18.2 Å². The Morgan fingerprint density at radius 2 is 1.84 bits per heavy atom. The van der Waals surface area contributed by atoms with Gasteiger partial charge in [-0.05, 0) is 18.9 Å². The summed E-state index contributed by atoms with van der Waals surface area (Å²) in [7, 11) is 0. The molecule has 0 heterocycles. The van der Waals surface area contributed by atoms with Crippen LogP contribution in [0.2, 0.25) is 0 Å². The highest BCUT2D eigenvalue weighted by molar-refractivity contribution is 6.01. The van der Waals surface area contributed by atoms with E-state index in [1.165, 1.54) is 32.1 Å². The zero-order chi connectivity index (χ0) is 13.5. The quantitative estimate of drug-likeness (QED) is 0.641. The zero-order valence-corrected chi connectivity index (χ0v) is 11.9. The first-order chi connectivity index (χ1) is 9.33. The molecule has 1 aliphatic carbocycles. The van der Waals surface area contributed by atoms with Crippen LogP contribution in [0.25, 0.3) is 0 Å². The second-order valence-corrected chi connectivity index (χ2v) is 5.32. The van der Waals surface area contributed by atoms with E-state index in [0.29, 0.717) is 6.42 Å². The Bertz CT molecular complexity index is 423. The summed E-state index contributed by atoms with van der Waals surface area (Å²) in [4.78, 5) is 11.6. The van der Waals surface area contributed by atoms with Gasteiger partial charge in [0.1, 0.15) is 5.75 Å². The van der Waals surface area contributed by atoms with Crippen LogP contribution in [0.3, 0.4) is 0 Å². The van der Waals surface area contributed by atoms with E-state index < -0.39 is 0 Å². The summed E-state index contributed by atoms with van der Waals surface area (Å²) < 4.78 is 5.85. The summed E-state index contributed by atoms with van der Waals surface area (Å²) in [5, 5.41) is 0. The van der Waals surface area contributed by atoms with Crippen LogP contribution in [0.1, 0.15) is 67.8 Å². The summed E-state index contributed by atoms with van der Waals surface area (Å²) in [5.74, 6) is 1.19. The second-order valence-electron chi connectivity index (χ2n) is 5.32. The van der Waals surface area contributed by atoms with Crippen LogP contribution >= 0.6 is 0 Å². The molecule has 0 saturated carbocycles. The molecular weight excluding hydrogens is 236 g/mol. The van der Waals surface area contributed by atoms with Crippen molar-refractivity contribution in [2.75, 3.05) is 6.61 Å². The molecule has 1 aliphatic rings. The van der Waals surface area contributed by atoms with Gasteiger partial charge in [-0.15, -0.1) is 0 Å². The monoisotopic (exact) mass is 260 g/mol. The van der Waals surface area contributed by atoms with Crippen LogP contribution in [-0.4, -0.2) is 12.4 Å². The van der Waals surface area contributed by atoms with Crippen molar-refractivity contribution in [3.8, 4) is 5.75 Å². The van der Waals surface area contributed by atoms with Crippen molar-refractivity contribution in [3.05, 3.63) is 29.3 Å². The number of ketones is 1. The predicted molar refractivity (Wildman–Crippen MR) is 78.0 cm³/mol. The highest BCUT2D eigenvalue weighted by Gasteiger charge is 2.22. The standard InChI is InChI=1S/C17H24O2/c1-2-3-4-5-6-7-13-19-17-10-8-9-14-15(17)11-12-16(14)18/h8-10H,2-7,11-13H2,1H3. The molecule has 2 heteroatoms. The summed E-state index contributed by atoms with van der Waals surface area (Å²) in [5.41, 5.74) is 2.00. The van der Waals surface area contributed by atoms with Gasteiger partial charge in [0, 0.05) is 17.5 Å². The summed E-state index contributed by atoms with van der Waals surface area (Å²) in [6.07, 6.45) is 9.13. The molecule has 0 atom stereocenters. The van der Waals surface area contributed by atoms with E-state index in [2.05, 4.69) is 6.92 Å². The van der Waals surface area contributed by atoms with E-state index >= 15 is 0 Å². The van der Waals surface area contributed by atoms with E-state index in [9.17, 15) is 4.79 Å². The average Bonchev–Trinajstić information content (AvgIpc) is 2.81. The molecule has 1 aromatic rings. The fourth-order valence-electron chi connectivity index (χ4n) is 2.66. The molecule has 0 saturated heterocycles. The molecule has 0 radical (unpaired) electrons. The number of carbonyl (C=O) groups excluding carboxylic acids is 1. The van der Waals surface area contributed by atoms with Crippen molar-refractivity contribution in [1.29, 1.82) is 0 Å². The first kappa shape index (κ1) is 14.1. The Morgan fingerprint density at radius 3 is 2.68 bits per heavy atom. The number of fused-ring (bicyclic) bond motifs is 1. The molecule has 0 bridgehead atoms. The fourth-order valence-corrected chi connectivity index (χ4v) is 2.66. The molecule has 2 rings (SSSR count). The topological polar surface area (TPSA) is 26.3 Å². The molecule has 2 nitrogen and oxygen atoms in total. The van der Waals surface area contributed by atoms with Gasteiger partial charge in [-0.25, -0.2) is 0 Å². The van der Waals surface area contributed by atoms with Gasteiger partial charge in [0.25, 0.3) is 0 Å². The third kappa shape index (κ3) is 3.82. The largest absolute Gasteiger partial charge is 0.493 e. The minimum Gasteiger partial charge on any atom is -0.493 e. The Balaban J connectivity index is 1.74. The Kier molecular flexibility index (Phi) is 5.44. The first-order valence-electron chi connectivity index (χ1n) is 7.61. The smallest absolute Gasteiger partial charge is 0.163 e. The molecule has 0 unspecified atom stereocenters. The van der Waals surface area contributed by atoms with Gasteiger partial charge in [0.2, 0.25) is 0 Å². The maximum atomic E-state index is 11.6. The lowest BCUT2D eigenvalue weighted by molar-refractivity contribution is 0.0994. The molecule has 1 aromatic carbocycles. The molecular formula is C17H24O2. The van der Waals surface area contributed by atoms with Crippen molar-refractivity contribution in [1.82, 2.24) is 0 Å². The van der Waals surface area contributed by atoms with Crippen molar-refractivity contribution >= 4 is 5.78 Å². The Labute approximate surface area is 116 Å². The predicted octanol–water partition coefficient (Wildman–Crippen LogP) is 4.55. The molecule has 0 fully saturated rings. The van der Waals surface area contributed by atoms with Crippen LogP contribution in [0.15, 0.2) is 18.2 Å². The Morgan fingerprint density at radius 1 is 1.05 bits per heavy atom. The van der Waals surface area contributed by atoms with Gasteiger partial charge in [0.05, 0.1) is 6.61 Å². The number of carbonyl (C=O) groups is 1. The van der Waals surface area contributed by atoms with E-state index in [0.717, 1.165) is 36.3 Å². The molecule has 0 amide bonds. The SMILES string of the molecule is CCCCCCCCOc1cccc2c1CCC2=O. The van der Waals surface area contributed by atoms with Crippen molar-refractivity contribution in [2.24, 2.45) is 0 Å². The van der Waals surface area contributed by atoms with Gasteiger partial charge in [-0.2, -0.15) is 0 Å². The lowest BCUT2D eigenvalue weighted by Gasteiger charge is -2.10. The lowest BCUT2D eigenvalue weighted by Crippen LogP contribution is -2.00. The summed E-state index contributed by atoms with van der Waals surface area (Å²) >= 11 is 0. The average molecular weight is 260 g/mol. The molecule has 104 valence electrons. The fraction of sp³-hybridized carbons (Fsp3) is 0.588. The molecule has 0 aromatic heterocycles. The maximum Gasteiger partial charge on any atom is 0.163 e. The number of benzene rings is 1.